The fourth-order valence-corrected chi connectivity index (χ4v) is 4.50. The number of benzene rings is 3. The topological polar surface area (TPSA) is 30.2 Å². The van der Waals surface area contributed by atoms with E-state index in [2.05, 4.69) is 59.6 Å². The zero-order chi connectivity index (χ0) is 18.9. The van der Waals surface area contributed by atoms with E-state index in [1.165, 1.54) is 16.3 Å². The summed E-state index contributed by atoms with van der Waals surface area (Å²) >= 11 is 7.79. The maximum Gasteiger partial charge on any atom is 0.122 e. The summed E-state index contributed by atoms with van der Waals surface area (Å²) in [5.41, 5.74) is 4.27. The van der Waals surface area contributed by atoms with Crippen molar-refractivity contribution in [2.24, 2.45) is 0 Å². The van der Waals surface area contributed by atoms with Crippen LogP contribution in [0.3, 0.4) is 0 Å². The lowest BCUT2D eigenvalue weighted by Gasteiger charge is -2.03. The van der Waals surface area contributed by atoms with E-state index in [-0.39, 0.29) is 0 Å². The number of rotatable bonds is 4. The van der Waals surface area contributed by atoms with Crippen LogP contribution in [0.5, 0.6) is 0 Å². The second-order valence-corrected chi connectivity index (χ2v) is 7.94. The van der Waals surface area contributed by atoms with E-state index in [4.69, 9.17) is 16.7 Å². The van der Waals surface area contributed by atoms with Crippen LogP contribution in [0.1, 0.15) is 5.56 Å². The third kappa shape index (κ3) is 3.26. The van der Waals surface area contributed by atoms with Crippen molar-refractivity contribution in [3.05, 3.63) is 95.8 Å². The molecule has 0 bridgehead atoms. The summed E-state index contributed by atoms with van der Waals surface area (Å²) in [4.78, 5) is 4.58. The highest BCUT2D eigenvalue weighted by molar-refractivity contribution is 7.98. The minimum Gasteiger partial charge on any atom is -0.246 e. The lowest BCUT2D eigenvalue weighted by molar-refractivity contribution is 0.921. The van der Waals surface area contributed by atoms with Gasteiger partial charge < -0.3 is 0 Å². The first-order valence-electron chi connectivity index (χ1n) is 8.98. The zero-order valence-electron chi connectivity index (χ0n) is 14.9. The molecule has 0 saturated heterocycles. The van der Waals surface area contributed by atoms with Gasteiger partial charge in [-0.05, 0) is 34.5 Å². The molecule has 2 aromatic heterocycles. The van der Waals surface area contributed by atoms with E-state index in [9.17, 15) is 0 Å². The maximum atomic E-state index is 6.10. The maximum absolute atomic E-state index is 6.10. The van der Waals surface area contributed by atoms with Crippen molar-refractivity contribution in [1.29, 1.82) is 0 Å². The number of thioether (sulfide) groups is 1. The average molecular weight is 402 g/mol. The smallest absolute Gasteiger partial charge is 0.122 e. The van der Waals surface area contributed by atoms with Gasteiger partial charge in [0.2, 0.25) is 0 Å². The molecule has 0 N–H and O–H groups in total. The average Bonchev–Trinajstić information content (AvgIpc) is 3.16. The van der Waals surface area contributed by atoms with Crippen LogP contribution in [0.4, 0.5) is 0 Å². The summed E-state index contributed by atoms with van der Waals surface area (Å²) in [6, 6.07) is 24.8. The highest BCUT2D eigenvalue weighted by atomic mass is 35.5. The minimum absolute atomic E-state index is 0.756. The molecule has 0 aliphatic carbocycles. The zero-order valence-corrected chi connectivity index (χ0v) is 16.5. The van der Waals surface area contributed by atoms with Crippen molar-refractivity contribution in [2.75, 3.05) is 0 Å². The predicted octanol–water partition coefficient (Wildman–Crippen LogP) is 6.50. The van der Waals surface area contributed by atoms with Crippen molar-refractivity contribution < 1.29 is 0 Å². The Hall–Kier alpha value is -2.82. The van der Waals surface area contributed by atoms with E-state index in [1.807, 2.05) is 28.9 Å². The molecule has 0 aliphatic heterocycles. The highest BCUT2D eigenvalue weighted by Crippen LogP contribution is 2.31. The van der Waals surface area contributed by atoms with Crippen molar-refractivity contribution in [2.45, 2.75) is 10.8 Å². The molecule has 3 nitrogen and oxygen atoms in total. The van der Waals surface area contributed by atoms with E-state index >= 15 is 0 Å². The summed E-state index contributed by atoms with van der Waals surface area (Å²) in [6.07, 6.45) is 3.70. The summed E-state index contributed by atoms with van der Waals surface area (Å²) in [7, 11) is 0. The van der Waals surface area contributed by atoms with Gasteiger partial charge in [-0.25, -0.2) is 9.50 Å². The van der Waals surface area contributed by atoms with Crippen LogP contribution >= 0.6 is 23.4 Å². The highest BCUT2D eigenvalue weighted by Gasteiger charge is 2.12. The predicted molar refractivity (Wildman–Crippen MR) is 117 cm³/mol. The Bertz CT molecular complexity index is 1290. The fourth-order valence-electron chi connectivity index (χ4n) is 3.37. The summed E-state index contributed by atoms with van der Waals surface area (Å²) in [5.74, 6) is 0.808. The Kier molecular flexibility index (Phi) is 4.51. The first-order chi connectivity index (χ1) is 13.8. The molecule has 0 spiro atoms. The Morgan fingerprint density at radius 3 is 2.71 bits per heavy atom. The normalized spacial score (nSPS) is 11.3. The van der Waals surface area contributed by atoms with Crippen LogP contribution < -0.4 is 0 Å². The molecule has 0 aliphatic rings. The molecule has 0 amide bonds. The van der Waals surface area contributed by atoms with Gasteiger partial charge in [-0.2, -0.15) is 5.10 Å². The summed E-state index contributed by atoms with van der Waals surface area (Å²) < 4.78 is 1.91. The second-order valence-electron chi connectivity index (χ2n) is 6.54. The Balaban J connectivity index is 1.54. The van der Waals surface area contributed by atoms with Gasteiger partial charge in [-0.3, -0.25) is 0 Å². The summed E-state index contributed by atoms with van der Waals surface area (Å²) in [6.45, 7) is 0. The van der Waals surface area contributed by atoms with Crippen molar-refractivity contribution in [3.63, 3.8) is 0 Å². The molecule has 5 aromatic rings. The van der Waals surface area contributed by atoms with Crippen molar-refractivity contribution in [1.82, 2.24) is 14.6 Å². The summed E-state index contributed by atoms with van der Waals surface area (Å²) in [5, 5.41) is 8.94. The van der Waals surface area contributed by atoms with Crippen LogP contribution in [0.15, 0.2) is 90.2 Å². The molecule has 5 heteroatoms. The molecule has 2 heterocycles. The van der Waals surface area contributed by atoms with Gasteiger partial charge in [0, 0.05) is 28.7 Å². The van der Waals surface area contributed by atoms with Crippen LogP contribution in [-0.2, 0) is 5.75 Å². The van der Waals surface area contributed by atoms with Crippen LogP contribution in [0.25, 0.3) is 27.5 Å². The van der Waals surface area contributed by atoms with Gasteiger partial charge in [-0.1, -0.05) is 78.0 Å². The Morgan fingerprint density at radius 2 is 1.79 bits per heavy atom. The van der Waals surface area contributed by atoms with Gasteiger partial charge in [0.25, 0.3) is 0 Å². The van der Waals surface area contributed by atoms with Crippen molar-refractivity contribution >= 4 is 39.7 Å². The fraction of sp³-hybridized carbons (Fsp3) is 0.0435. The van der Waals surface area contributed by atoms with Gasteiger partial charge in [0.15, 0.2) is 0 Å². The Morgan fingerprint density at radius 1 is 0.929 bits per heavy atom. The van der Waals surface area contributed by atoms with Gasteiger partial charge in [0.05, 0.1) is 11.2 Å². The number of halogens is 1. The number of fused-ring (bicyclic) bond motifs is 2. The van der Waals surface area contributed by atoms with Crippen LogP contribution in [-0.4, -0.2) is 14.6 Å². The number of aromatic nitrogens is 3. The van der Waals surface area contributed by atoms with Gasteiger partial charge in [-0.15, -0.1) is 0 Å². The molecule has 0 radical (unpaired) electrons. The van der Waals surface area contributed by atoms with Crippen LogP contribution in [0, 0.1) is 0 Å². The third-order valence-corrected chi connectivity index (χ3v) is 5.99. The number of hydrogen-bond donors (Lipinski definition) is 0. The molecule has 28 heavy (non-hydrogen) atoms. The van der Waals surface area contributed by atoms with E-state index in [0.717, 1.165) is 32.6 Å². The largest absolute Gasteiger partial charge is 0.246 e. The SMILES string of the molecule is Clc1cccc(CSc2nccn3nc(-c4cccc5ccccc45)cc23)c1. The van der Waals surface area contributed by atoms with E-state index in [1.54, 1.807) is 18.0 Å². The lowest BCUT2D eigenvalue weighted by Crippen LogP contribution is -1.91. The second kappa shape index (κ2) is 7.30. The molecule has 5 rings (SSSR count). The number of hydrogen-bond acceptors (Lipinski definition) is 3. The third-order valence-electron chi connectivity index (χ3n) is 4.68. The number of nitrogens with zero attached hydrogens (tertiary/aromatic N) is 3. The molecule has 3 aromatic carbocycles. The Labute approximate surface area is 172 Å². The molecule has 0 fully saturated rings. The molecular weight excluding hydrogens is 386 g/mol. The molecular formula is C23H16ClN3S. The standard InChI is InChI=1S/C23H16ClN3S/c24-18-8-3-5-16(13-18)15-28-23-22-14-21(26-27(22)12-11-25-23)20-10-4-7-17-6-1-2-9-19(17)20/h1-14H,15H2. The minimum atomic E-state index is 0.756. The van der Waals surface area contributed by atoms with Gasteiger partial charge in [0.1, 0.15) is 5.03 Å². The monoisotopic (exact) mass is 401 g/mol. The quantitative estimate of drug-likeness (QED) is 0.322. The van der Waals surface area contributed by atoms with E-state index in [0.29, 0.717) is 0 Å². The lowest BCUT2D eigenvalue weighted by atomic mass is 10.0. The van der Waals surface area contributed by atoms with Crippen molar-refractivity contribution in [3.8, 4) is 11.3 Å². The molecule has 0 unspecified atom stereocenters. The van der Waals surface area contributed by atoms with Crippen LogP contribution in [0.2, 0.25) is 5.02 Å². The first-order valence-corrected chi connectivity index (χ1v) is 10.3. The van der Waals surface area contributed by atoms with Gasteiger partial charge >= 0.3 is 0 Å². The molecule has 136 valence electrons. The molecule has 0 saturated carbocycles. The van der Waals surface area contributed by atoms with E-state index < -0.39 is 0 Å². The molecule has 0 atom stereocenters. The first kappa shape index (κ1) is 17.3.